The van der Waals surface area contributed by atoms with Gasteiger partial charge in [0.15, 0.2) is 0 Å². The lowest BCUT2D eigenvalue weighted by molar-refractivity contribution is -0.164. The highest BCUT2D eigenvalue weighted by molar-refractivity contribution is 7.13. The van der Waals surface area contributed by atoms with Gasteiger partial charge in [0.05, 0.1) is 57.3 Å². The van der Waals surface area contributed by atoms with Crippen LogP contribution in [0.15, 0.2) is 66.3 Å². The van der Waals surface area contributed by atoms with Crippen molar-refractivity contribution in [2.45, 2.75) is 105 Å². The third kappa shape index (κ3) is 11.6. The van der Waals surface area contributed by atoms with Crippen LogP contribution < -0.4 is 25.6 Å². The number of benzene rings is 2. The molecule has 4 atom stereocenters. The maximum Gasteiger partial charge on any atom is 0.270 e. The number of halogens is 1. The quantitative estimate of drug-likeness (QED) is 0.0934. The van der Waals surface area contributed by atoms with Gasteiger partial charge in [-0.3, -0.25) is 24.1 Å². The number of β-amino-alcohol motifs (C(OH)–C–C–N with tert-alkyl or cyclic N) is 1. The van der Waals surface area contributed by atoms with Gasteiger partial charge in [-0.1, -0.05) is 84.3 Å². The van der Waals surface area contributed by atoms with E-state index in [1.54, 1.807) is 41.8 Å². The van der Waals surface area contributed by atoms with Crippen molar-refractivity contribution in [2.24, 2.45) is 16.2 Å². The monoisotopic (exact) mass is 995 g/mol. The summed E-state index contributed by atoms with van der Waals surface area (Å²) in [4.78, 5) is 70.4. The molecule has 4 heterocycles. The van der Waals surface area contributed by atoms with Crippen molar-refractivity contribution in [3.8, 4) is 22.3 Å². The standard InChI is InChI=1S/C52H66ClN9O7S/c1-31(33-10-12-34(13-11-33)43-32(2)56-30-70-43)57-46(66)41-24-37(63)28-62(41)47(67)44(50(3,4)5)58-42(64)29-68-23-22-60-18-20-61(21-19-60)36-15-17-40(55-27-36)45(65)59-48-51(6,7)49(52(48,8)9)69-38-16-14-35(26-54)39(53)25-38/h10-17,25,27,30-31,37,41,44,48-49,63H,18-24,28-29H2,1-9H3,(H,57,66)(H,58,64)(H,59,65)/t31-,37+,41-,44+,48?,49?/m0/s1. The molecule has 3 aliphatic rings. The lowest BCUT2D eigenvalue weighted by Gasteiger charge is -2.63. The van der Waals surface area contributed by atoms with Gasteiger partial charge < -0.3 is 40.3 Å². The van der Waals surface area contributed by atoms with Crippen LogP contribution >= 0.6 is 22.9 Å². The van der Waals surface area contributed by atoms with Crippen molar-refractivity contribution >= 4 is 52.3 Å². The number of nitrogens with one attached hydrogen (secondary N) is 3. The van der Waals surface area contributed by atoms with Crippen molar-refractivity contribution in [3.05, 3.63) is 93.8 Å². The molecule has 3 fully saturated rings. The summed E-state index contributed by atoms with van der Waals surface area (Å²) >= 11 is 7.83. The number of hydrogen-bond donors (Lipinski definition) is 4. The van der Waals surface area contributed by atoms with E-state index in [2.05, 4.69) is 69.5 Å². The Kier molecular flexibility index (Phi) is 15.9. The minimum atomic E-state index is -0.965. The normalized spacial score (nSPS) is 21.7. The average molecular weight is 997 g/mol. The third-order valence-electron chi connectivity index (χ3n) is 14.0. The van der Waals surface area contributed by atoms with Crippen LogP contribution in [0.25, 0.3) is 10.4 Å². The van der Waals surface area contributed by atoms with Gasteiger partial charge in [0.25, 0.3) is 5.91 Å². The maximum atomic E-state index is 14.1. The first-order valence-electron chi connectivity index (χ1n) is 23.9. The molecule has 2 saturated heterocycles. The van der Waals surface area contributed by atoms with Gasteiger partial charge in [0, 0.05) is 68.6 Å². The zero-order valence-corrected chi connectivity index (χ0v) is 43.1. The number of nitrogens with zero attached hydrogens (tertiary/aromatic N) is 6. The van der Waals surface area contributed by atoms with Crippen molar-refractivity contribution in [2.75, 3.05) is 57.4 Å². The minimum absolute atomic E-state index is 0.0185. The van der Waals surface area contributed by atoms with Gasteiger partial charge in [-0.25, -0.2) is 9.97 Å². The fourth-order valence-electron chi connectivity index (χ4n) is 10.3. The zero-order valence-electron chi connectivity index (χ0n) is 41.5. The van der Waals surface area contributed by atoms with Gasteiger partial charge in [0.1, 0.15) is 42.3 Å². The molecule has 1 saturated carbocycles. The molecule has 4 N–H and O–H groups in total. The Hall–Kier alpha value is -5.64. The SMILES string of the molecule is Cc1ncsc1-c1ccc([C@H](C)NC(=O)[C@@H]2C[C@@H](O)CN2C(=O)[C@@H](NC(=O)COCCN2CCN(c3ccc(C(=O)NC4C(C)(C)C(Oc5ccc(C#N)c(Cl)c5)C4(C)C)nc3)CC2)C(C)(C)C)cc1. The number of rotatable bonds is 16. The molecule has 4 amide bonds. The second kappa shape index (κ2) is 21.4. The fraction of sp³-hybridized carbons (Fsp3) is 0.519. The Bertz CT molecular complexity index is 2550. The zero-order chi connectivity index (χ0) is 50.7. The van der Waals surface area contributed by atoms with E-state index in [0.717, 1.165) is 53.6 Å². The van der Waals surface area contributed by atoms with Crippen LogP contribution in [0.5, 0.6) is 5.75 Å². The number of aromatic nitrogens is 2. The van der Waals surface area contributed by atoms with Gasteiger partial charge in [-0.2, -0.15) is 5.26 Å². The van der Waals surface area contributed by atoms with Crippen LogP contribution in [0.3, 0.4) is 0 Å². The highest BCUT2D eigenvalue weighted by Gasteiger charge is 2.64. The summed E-state index contributed by atoms with van der Waals surface area (Å²) in [5.41, 5.74) is 4.83. The van der Waals surface area contributed by atoms with E-state index in [1.165, 1.54) is 4.90 Å². The number of nitriles is 1. The minimum Gasteiger partial charge on any atom is -0.489 e. The van der Waals surface area contributed by atoms with Gasteiger partial charge in [-0.05, 0) is 54.7 Å². The molecular formula is C52H66ClN9O7S. The number of piperazine rings is 1. The van der Waals surface area contributed by atoms with Crippen LogP contribution in [-0.4, -0.2) is 131 Å². The summed E-state index contributed by atoms with van der Waals surface area (Å²) in [6.45, 7) is 21.3. The number of hydrogen-bond acceptors (Lipinski definition) is 13. The number of aryl methyl sites for hydroxylation is 1. The van der Waals surface area contributed by atoms with Gasteiger partial charge >= 0.3 is 0 Å². The first-order valence-corrected chi connectivity index (χ1v) is 25.1. The first kappa shape index (κ1) is 52.2. The van der Waals surface area contributed by atoms with E-state index in [1.807, 2.05) is 70.5 Å². The molecule has 7 rings (SSSR count). The number of aliphatic hydroxyl groups excluding tert-OH is 1. The highest BCUT2D eigenvalue weighted by atomic mass is 35.5. The van der Waals surface area contributed by atoms with Crippen LogP contribution in [0.2, 0.25) is 5.02 Å². The molecule has 2 aliphatic heterocycles. The molecule has 0 unspecified atom stereocenters. The van der Waals surface area contributed by atoms with Gasteiger partial charge in [0.2, 0.25) is 17.7 Å². The number of thiazole rings is 1. The molecular weight excluding hydrogens is 930 g/mol. The summed E-state index contributed by atoms with van der Waals surface area (Å²) in [5.74, 6) is -0.942. The molecule has 2 aromatic carbocycles. The maximum absolute atomic E-state index is 14.1. The number of amides is 4. The summed E-state index contributed by atoms with van der Waals surface area (Å²) < 4.78 is 12.2. The Morgan fingerprint density at radius 2 is 1.69 bits per heavy atom. The average Bonchev–Trinajstić information content (AvgIpc) is 3.95. The van der Waals surface area contributed by atoms with E-state index in [-0.39, 0.29) is 49.6 Å². The molecule has 1 aliphatic carbocycles. The predicted molar refractivity (Wildman–Crippen MR) is 269 cm³/mol. The van der Waals surface area contributed by atoms with E-state index < -0.39 is 46.2 Å². The molecule has 4 aromatic rings. The Morgan fingerprint density at radius 3 is 2.29 bits per heavy atom. The van der Waals surface area contributed by atoms with E-state index in [9.17, 15) is 29.5 Å². The number of carbonyl (C=O) groups is 4. The number of anilines is 1. The second-order valence-electron chi connectivity index (χ2n) is 21.0. The number of aliphatic hydroxyl groups is 1. The molecule has 0 radical (unpaired) electrons. The summed E-state index contributed by atoms with van der Waals surface area (Å²) in [5, 5.41) is 29.3. The summed E-state index contributed by atoms with van der Waals surface area (Å²) in [6, 6.07) is 16.3. The van der Waals surface area contributed by atoms with Crippen LogP contribution in [0.1, 0.15) is 95.2 Å². The molecule has 2 aromatic heterocycles. The lowest BCUT2D eigenvalue weighted by atomic mass is 9.49. The van der Waals surface area contributed by atoms with Crippen molar-refractivity contribution in [1.82, 2.24) is 35.7 Å². The largest absolute Gasteiger partial charge is 0.489 e. The Balaban J connectivity index is 0.831. The highest BCUT2D eigenvalue weighted by Crippen LogP contribution is 2.55. The number of ether oxygens (including phenoxy) is 2. The smallest absolute Gasteiger partial charge is 0.270 e. The first-order chi connectivity index (χ1) is 33.1. The van der Waals surface area contributed by atoms with Crippen molar-refractivity contribution < 1.29 is 33.8 Å². The number of carbonyl (C=O) groups excluding carboxylic acids is 4. The Labute approximate surface area is 420 Å². The molecule has 374 valence electrons. The van der Waals surface area contributed by atoms with Crippen LogP contribution in [-0.2, 0) is 19.1 Å². The third-order valence-corrected chi connectivity index (χ3v) is 15.3. The van der Waals surface area contributed by atoms with Crippen LogP contribution in [0.4, 0.5) is 5.69 Å². The lowest BCUT2D eigenvalue weighted by Crippen LogP contribution is -2.74. The van der Waals surface area contributed by atoms with Crippen molar-refractivity contribution in [3.63, 3.8) is 0 Å². The topological polar surface area (TPSA) is 202 Å². The van der Waals surface area contributed by atoms with E-state index in [0.29, 0.717) is 35.2 Å². The molecule has 18 heteroatoms. The van der Waals surface area contributed by atoms with Crippen LogP contribution in [0, 0.1) is 34.5 Å². The molecule has 0 spiro atoms. The van der Waals surface area contributed by atoms with E-state index in [4.69, 9.17) is 21.1 Å². The molecule has 16 nitrogen and oxygen atoms in total. The van der Waals surface area contributed by atoms with E-state index >= 15 is 0 Å². The predicted octanol–water partition coefficient (Wildman–Crippen LogP) is 6.16. The number of likely N-dealkylation sites (tertiary alicyclic amines) is 1. The van der Waals surface area contributed by atoms with Gasteiger partial charge in [-0.15, -0.1) is 11.3 Å². The second-order valence-corrected chi connectivity index (χ2v) is 22.2. The molecule has 0 bridgehead atoms. The summed E-state index contributed by atoms with van der Waals surface area (Å²) in [6.07, 6.45) is 0.716. The molecule has 70 heavy (non-hydrogen) atoms. The Morgan fingerprint density at radius 1 is 0.986 bits per heavy atom. The van der Waals surface area contributed by atoms with Crippen molar-refractivity contribution in [1.29, 1.82) is 5.26 Å². The number of pyridine rings is 1. The fourth-order valence-corrected chi connectivity index (χ4v) is 11.3. The summed E-state index contributed by atoms with van der Waals surface area (Å²) in [7, 11) is 0.